The Bertz CT molecular complexity index is 1040. The number of piperidine rings is 1. The van der Waals surface area contributed by atoms with Gasteiger partial charge in [0, 0.05) is 24.1 Å². The van der Waals surface area contributed by atoms with Gasteiger partial charge in [0.05, 0.1) is 19.0 Å². The zero-order valence-corrected chi connectivity index (χ0v) is 15.3. The second kappa shape index (κ2) is 7.01. The third-order valence-corrected chi connectivity index (χ3v) is 5.14. The van der Waals surface area contributed by atoms with Gasteiger partial charge >= 0.3 is 5.97 Å². The summed E-state index contributed by atoms with van der Waals surface area (Å²) in [7, 11) is 1.49. The van der Waals surface area contributed by atoms with Gasteiger partial charge in [0.1, 0.15) is 11.9 Å². The highest BCUT2D eigenvalue weighted by atomic mass is 16.5. The lowest BCUT2D eigenvalue weighted by Crippen LogP contribution is -2.43. The summed E-state index contributed by atoms with van der Waals surface area (Å²) in [6, 6.07) is 6.30. The summed E-state index contributed by atoms with van der Waals surface area (Å²) in [5, 5.41) is 26.3. The number of methoxy groups -OCH3 is 1. The van der Waals surface area contributed by atoms with Crippen molar-refractivity contribution in [3.8, 4) is 22.6 Å². The van der Waals surface area contributed by atoms with Crippen LogP contribution in [0.2, 0.25) is 0 Å². The number of anilines is 1. The average Bonchev–Trinajstić information content (AvgIpc) is 3.13. The first-order valence-electron chi connectivity index (χ1n) is 8.95. The molecule has 0 radical (unpaired) electrons. The molecule has 9 nitrogen and oxygen atoms in total. The molecule has 3 heterocycles. The molecule has 28 heavy (non-hydrogen) atoms. The van der Waals surface area contributed by atoms with E-state index in [0.29, 0.717) is 36.6 Å². The second-order valence-electron chi connectivity index (χ2n) is 6.86. The van der Waals surface area contributed by atoms with E-state index < -0.39 is 12.0 Å². The molecule has 4 rings (SSSR count). The van der Waals surface area contributed by atoms with Crippen LogP contribution in [0.25, 0.3) is 16.8 Å². The van der Waals surface area contributed by atoms with Gasteiger partial charge in [-0.3, -0.25) is 4.79 Å². The van der Waals surface area contributed by atoms with Crippen LogP contribution in [0.1, 0.15) is 24.5 Å². The van der Waals surface area contributed by atoms with Crippen LogP contribution in [0.4, 0.5) is 5.82 Å². The van der Waals surface area contributed by atoms with Crippen molar-refractivity contribution in [3.05, 3.63) is 36.2 Å². The molecule has 2 unspecified atom stereocenters. The molecular weight excluding hydrogens is 362 g/mol. The standard InChI is InChI=1S/C19H21N5O4/c1-28-16-6-10(3-5-15(16)25)12-9-22-24-17(20)7-14(23-18(12)24)11-2-4-13(19(26)27)21-8-11/h3,5-7,9,11,13,21,25H,2,4,8,20H2,1H3,(H,26,27). The molecule has 3 aromatic rings. The van der Waals surface area contributed by atoms with Crippen LogP contribution in [-0.2, 0) is 4.79 Å². The van der Waals surface area contributed by atoms with E-state index in [1.54, 1.807) is 35.0 Å². The molecule has 0 spiro atoms. The number of nitrogens with one attached hydrogen (secondary N) is 1. The van der Waals surface area contributed by atoms with Crippen LogP contribution in [0.15, 0.2) is 30.5 Å². The van der Waals surface area contributed by atoms with Crippen LogP contribution in [0.5, 0.6) is 11.5 Å². The molecule has 1 aliphatic heterocycles. The van der Waals surface area contributed by atoms with Crippen molar-refractivity contribution in [2.24, 2.45) is 0 Å². The summed E-state index contributed by atoms with van der Waals surface area (Å²) in [6.45, 7) is 0.524. The van der Waals surface area contributed by atoms with Crippen LogP contribution in [0.3, 0.4) is 0 Å². The average molecular weight is 383 g/mol. The largest absolute Gasteiger partial charge is 0.504 e. The lowest BCUT2D eigenvalue weighted by atomic mass is 9.92. The minimum Gasteiger partial charge on any atom is -0.504 e. The highest BCUT2D eigenvalue weighted by molar-refractivity contribution is 5.79. The van der Waals surface area contributed by atoms with Gasteiger partial charge in [-0.25, -0.2) is 4.98 Å². The van der Waals surface area contributed by atoms with Gasteiger partial charge in [-0.1, -0.05) is 6.07 Å². The normalized spacial score (nSPS) is 19.6. The van der Waals surface area contributed by atoms with Crippen molar-refractivity contribution < 1.29 is 19.7 Å². The quantitative estimate of drug-likeness (QED) is 0.534. The molecular formula is C19H21N5O4. The first-order chi connectivity index (χ1) is 13.5. The number of phenols is 1. The predicted molar refractivity (Wildman–Crippen MR) is 102 cm³/mol. The minimum absolute atomic E-state index is 0.0529. The van der Waals surface area contributed by atoms with Crippen LogP contribution >= 0.6 is 0 Å². The minimum atomic E-state index is -0.833. The number of carboxylic acids is 1. The predicted octanol–water partition coefficient (Wildman–Crippen LogP) is 1.61. The Balaban J connectivity index is 1.72. The van der Waals surface area contributed by atoms with Crippen LogP contribution in [0, 0.1) is 0 Å². The number of fused-ring (bicyclic) bond motifs is 1. The van der Waals surface area contributed by atoms with Gasteiger partial charge in [0.25, 0.3) is 0 Å². The van der Waals surface area contributed by atoms with Crippen LogP contribution in [-0.4, -0.2) is 50.5 Å². The maximum absolute atomic E-state index is 11.1. The van der Waals surface area contributed by atoms with E-state index in [2.05, 4.69) is 10.4 Å². The molecule has 1 fully saturated rings. The SMILES string of the molecule is COc1cc(-c2cnn3c(N)cc(C4CCC(C(=O)O)NC4)nc23)ccc1O. The van der Waals surface area contributed by atoms with Gasteiger partial charge < -0.3 is 26.0 Å². The Labute approximate surface area is 160 Å². The summed E-state index contributed by atoms with van der Waals surface area (Å²) in [6.07, 6.45) is 2.92. The van der Waals surface area contributed by atoms with Crippen molar-refractivity contribution >= 4 is 17.4 Å². The summed E-state index contributed by atoms with van der Waals surface area (Å²) >= 11 is 0. The van der Waals surface area contributed by atoms with Gasteiger partial charge in [-0.05, 0) is 30.5 Å². The lowest BCUT2D eigenvalue weighted by molar-refractivity contribution is -0.140. The number of aliphatic carboxylic acids is 1. The number of nitrogen functional groups attached to an aromatic ring is 1. The fraction of sp³-hybridized carbons (Fsp3) is 0.316. The highest BCUT2D eigenvalue weighted by Crippen LogP contribution is 2.34. The molecule has 0 saturated carbocycles. The van der Waals surface area contributed by atoms with E-state index in [9.17, 15) is 9.90 Å². The lowest BCUT2D eigenvalue weighted by Gasteiger charge is -2.27. The first-order valence-corrected chi connectivity index (χ1v) is 8.95. The summed E-state index contributed by atoms with van der Waals surface area (Å²) in [5.74, 6) is 0.104. The molecule has 2 atom stereocenters. The second-order valence-corrected chi connectivity index (χ2v) is 6.86. The number of hydrogen-bond donors (Lipinski definition) is 4. The van der Waals surface area contributed by atoms with Crippen molar-refractivity contribution in [1.29, 1.82) is 0 Å². The highest BCUT2D eigenvalue weighted by Gasteiger charge is 2.27. The number of ether oxygens (including phenoxy) is 1. The fourth-order valence-electron chi connectivity index (χ4n) is 3.58. The molecule has 9 heteroatoms. The van der Waals surface area contributed by atoms with Gasteiger partial charge in [-0.2, -0.15) is 9.61 Å². The summed E-state index contributed by atoms with van der Waals surface area (Å²) < 4.78 is 6.75. The van der Waals surface area contributed by atoms with Crippen LogP contribution < -0.4 is 15.8 Å². The van der Waals surface area contributed by atoms with E-state index >= 15 is 0 Å². The Kier molecular flexibility index (Phi) is 4.52. The molecule has 1 saturated heterocycles. The molecule has 1 aliphatic rings. The summed E-state index contributed by atoms with van der Waals surface area (Å²) in [4.78, 5) is 15.9. The molecule has 146 valence electrons. The van der Waals surface area contributed by atoms with Crippen molar-refractivity contribution in [3.63, 3.8) is 0 Å². The van der Waals surface area contributed by atoms with Crippen molar-refractivity contribution in [2.75, 3.05) is 19.4 Å². The number of aromatic hydroxyl groups is 1. The van der Waals surface area contributed by atoms with E-state index in [-0.39, 0.29) is 11.7 Å². The zero-order valence-electron chi connectivity index (χ0n) is 15.3. The van der Waals surface area contributed by atoms with E-state index in [1.807, 2.05) is 0 Å². The molecule has 1 aromatic carbocycles. The molecule has 0 amide bonds. The number of carbonyl (C=O) groups is 1. The van der Waals surface area contributed by atoms with E-state index in [0.717, 1.165) is 16.8 Å². The first kappa shape index (κ1) is 18.1. The van der Waals surface area contributed by atoms with Gasteiger partial charge in [-0.15, -0.1) is 0 Å². The molecule has 0 bridgehead atoms. The number of nitrogens with two attached hydrogens (primary N) is 1. The third kappa shape index (κ3) is 3.09. The van der Waals surface area contributed by atoms with Crippen molar-refractivity contribution in [2.45, 2.75) is 24.8 Å². The molecule has 5 N–H and O–H groups in total. The number of phenolic OH excluding ortho intramolecular Hbond substituents is 1. The monoisotopic (exact) mass is 383 g/mol. The number of rotatable bonds is 4. The number of benzene rings is 1. The Morgan fingerprint density at radius 2 is 2.18 bits per heavy atom. The van der Waals surface area contributed by atoms with Gasteiger partial charge in [0.2, 0.25) is 0 Å². The Morgan fingerprint density at radius 3 is 2.86 bits per heavy atom. The Morgan fingerprint density at radius 1 is 1.36 bits per heavy atom. The smallest absolute Gasteiger partial charge is 0.320 e. The number of hydrogen-bond acceptors (Lipinski definition) is 7. The topological polar surface area (TPSA) is 135 Å². The van der Waals surface area contributed by atoms with E-state index in [4.69, 9.17) is 20.6 Å². The number of aromatic nitrogens is 3. The van der Waals surface area contributed by atoms with Crippen molar-refractivity contribution in [1.82, 2.24) is 19.9 Å². The summed E-state index contributed by atoms with van der Waals surface area (Å²) in [5.41, 5.74) is 9.15. The number of nitrogens with zero attached hydrogens (tertiary/aromatic N) is 3. The van der Waals surface area contributed by atoms with Gasteiger partial charge in [0.15, 0.2) is 17.1 Å². The maximum Gasteiger partial charge on any atom is 0.320 e. The Hall–Kier alpha value is -3.33. The zero-order chi connectivity index (χ0) is 19.8. The fourth-order valence-corrected chi connectivity index (χ4v) is 3.58. The third-order valence-electron chi connectivity index (χ3n) is 5.14. The van der Waals surface area contributed by atoms with E-state index in [1.165, 1.54) is 7.11 Å². The molecule has 2 aromatic heterocycles. The number of carboxylic acid groups (broad SMARTS) is 1. The molecule has 0 aliphatic carbocycles. The maximum atomic E-state index is 11.1.